The van der Waals surface area contributed by atoms with Crippen LogP contribution >= 0.6 is 0 Å². The lowest BCUT2D eigenvalue weighted by atomic mass is 10.1. The Morgan fingerprint density at radius 2 is 2.08 bits per heavy atom. The lowest BCUT2D eigenvalue weighted by Gasteiger charge is -2.28. The molecule has 1 aromatic heterocycles. The first-order valence-electron chi connectivity index (χ1n) is 8.54. The molecule has 0 spiro atoms. The number of fused-ring (bicyclic) bond motifs is 1. The molecule has 0 saturated heterocycles. The van der Waals surface area contributed by atoms with Gasteiger partial charge in [0.15, 0.2) is 0 Å². The van der Waals surface area contributed by atoms with Crippen molar-refractivity contribution in [2.75, 3.05) is 20.8 Å². The summed E-state index contributed by atoms with van der Waals surface area (Å²) in [6.07, 6.45) is 5.54. The maximum atomic E-state index is 5.52. The first-order chi connectivity index (χ1) is 11.8. The van der Waals surface area contributed by atoms with E-state index in [9.17, 15) is 0 Å². The van der Waals surface area contributed by atoms with Crippen molar-refractivity contribution in [2.45, 2.75) is 38.3 Å². The minimum atomic E-state index is 0.622. The molecule has 126 valence electrons. The van der Waals surface area contributed by atoms with E-state index in [1.807, 2.05) is 18.3 Å². The molecule has 2 aliphatic rings. The number of benzene rings is 1. The van der Waals surface area contributed by atoms with Gasteiger partial charge in [-0.2, -0.15) is 0 Å². The summed E-state index contributed by atoms with van der Waals surface area (Å²) in [7, 11) is 3.38. The molecule has 0 atom stereocenters. The van der Waals surface area contributed by atoms with Gasteiger partial charge < -0.3 is 9.47 Å². The summed E-state index contributed by atoms with van der Waals surface area (Å²) in [6.45, 7) is 2.77. The predicted octanol–water partition coefficient (Wildman–Crippen LogP) is 2.93. The molecule has 5 nitrogen and oxygen atoms in total. The van der Waals surface area contributed by atoms with Gasteiger partial charge in [-0.3, -0.25) is 4.90 Å². The molecule has 5 heteroatoms. The van der Waals surface area contributed by atoms with Gasteiger partial charge >= 0.3 is 0 Å². The lowest BCUT2D eigenvalue weighted by Crippen LogP contribution is -2.31. The third kappa shape index (κ3) is 3.08. The van der Waals surface area contributed by atoms with Crippen LogP contribution in [0.3, 0.4) is 0 Å². The summed E-state index contributed by atoms with van der Waals surface area (Å²) in [5.41, 5.74) is 3.68. The largest absolute Gasteiger partial charge is 0.497 e. The zero-order valence-corrected chi connectivity index (χ0v) is 14.3. The fraction of sp³-hybridized carbons (Fsp3) is 0.474. The quantitative estimate of drug-likeness (QED) is 0.846. The van der Waals surface area contributed by atoms with Crippen LogP contribution in [0.1, 0.15) is 41.4 Å². The van der Waals surface area contributed by atoms with E-state index in [1.165, 1.54) is 29.7 Å². The molecule has 1 fully saturated rings. The maximum Gasteiger partial charge on any atom is 0.131 e. The molecule has 0 radical (unpaired) electrons. The van der Waals surface area contributed by atoms with Crippen LogP contribution in [-0.2, 0) is 19.5 Å². The van der Waals surface area contributed by atoms with Gasteiger partial charge in [0.05, 0.1) is 14.2 Å². The molecule has 0 bridgehead atoms. The van der Waals surface area contributed by atoms with E-state index in [0.29, 0.717) is 5.92 Å². The maximum absolute atomic E-state index is 5.52. The van der Waals surface area contributed by atoms with Crippen LogP contribution in [-0.4, -0.2) is 35.6 Å². The highest BCUT2D eigenvalue weighted by molar-refractivity contribution is 5.40. The zero-order chi connectivity index (χ0) is 16.5. The Kier molecular flexibility index (Phi) is 4.10. The van der Waals surface area contributed by atoms with E-state index in [1.54, 1.807) is 14.2 Å². The van der Waals surface area contributed by atoms with Crippen molar-refractivity contribution in [3.05, 3.63) is 47.0 Å². The average molecular weight is 325 g/mol. The van der Waals surface area contributed by atoms with Gasteiger partial charge in [0.1, 0.15) is 17.3 Å². The Bertz CT molecular complexity index is 743. The fourth-order valence-corrected chi connectivity index (χ4v) is 3.29. The van der Waals surface area contributed by atoms with E-state index in [2.05, 4.69) is 16.0 Å². The lowest BCUT2D eigenvalue weighted by molar-refractivity contribution is 0.238. The highest BCUT2D eigenvalue weighted by Crippen LogP contribution is 2.38. The summed E-state index contributed by atoms with van der Waals surface area (Å²) < 4.78 is 10.8. The third-order valence-corrected chi connectivity index (χ3v) is 4.86. The minimum Gasteiger partial charge on any atom is -0.497 e. The van der Waals surface area contributed by atoms with Crippen LogP contribution in [0.25, 0.3) is 0 Å². The average Bonchev–Trinajstić information content (AvgIpc) is 3.46. The molecule has 1 aliphatic carbocycles. The number of ether oxygens (including phenoxy) is 2. The van der Waals surface area contributed by atoms with Crippen LogP contribution in [0.5, 0.6) is 11.5 Å². The Balaban J connectivity index is 1.49. The molecule has 1 aliphatic heterocycles. The van der Waals surface area contributed by atoms with Crippen LogP contribution in [0.4, 0.5) is 0 Å². The first kappa shape index (κ1) is 15.4. The van der Waals surface area contributed by atoms with Gasteiger partial charge in [0, 0.05) is 61.1 Å². The van der Waals surface area contributed by atoms with Crippen molar-refractivity contribution < 1.29 is 9.47 Å². The standard InChI is InChI=1S/C19H23N3O2/c1-23-16-6-5-14(18(9-16)24-2)11-22-8-7-17-15(12-22)10-20-19(21-17)13-3-4-13/h5-6,9-10,13H,3-4,7-8,11-12H2,1-2H3. The van der Waals surface area contributed by atoms with Gasteiger partial charge in [-0.05, 0) is 18.9 Å². The smallest absolute Gasteiger partial charge is 0.131 e. The molecule has 1 aromatic carbocycles. The molecular weight excluding hydrogens is 302 g/mol. The van der Waals surface area contributed by atoms with Crippen molar-refractivity contribution in [3.63, 3.8) is 0 Å². The zero-order valence-electron chi connectivity index (χ0n) is 14.3. The molecule has 2 heterocycles. The Labute approximate surface area is 142 Å². The van der Waals surface area contributed by atoms with Gasteiger partial charge in [-0.25, -0.2) is 9.97 Å². The molecule has 4 rings (SSSR count). The second-order valence-electron chi connectivity index (χ2n) is 6.61. The highest BCUT2D eigenvalue weighted by Gasteiger charge is 2.28. The summed E-state index contributed by atoms with van der Waals surface area (Å²) >= 11 is 0. The molecular formula is C19H23N3O2. The van der Waals surface area contributed by atoms with E-state index in [-0.39, 0.29) is 0 Å². The second kappa shape index (κ2) is 6.40. The van der Waals surface area contributed by atoms with Gasteiger partial charge in [0.25, 0.3) is 0 Å². The Morgan fingerprint density at radius 1 is 1.21 bits per heavy atom. The Hall–Kier alpha value is -2.14. The Morgan fingerprint density at radius 3 is 2.83 bits per heavy atom. The first-order valence-corrected chi connectivity index (χ1v) is 8.54. The number of hydrogen-bond donors (Lipinski definition) is 0. The second-order valence-corrected chi connectivity index (χ2v) is 6.61. The number of methoxy groups -OCH3 is 2. The fourth-order valence-electron chi connectivity index (χ4n) is 3.29. The predicted molar refractivity (Wildman–Crippen MR) is 91.4 cm³/mol. The van der Waals surface area contributed by atoms with E-state index < -0.39 is 0 Å². The SMILES string of the molecule is COc1ccc(CN2CCc3nc(C4CC4)ncc3C2)c(OC)c1. The van der Waals surface area contributed by atoms with Crippen molar-refractivity contribution in [2.24, 2.45) is 0 Å². The van der Waals surface area contributed by atoms with Crippen LogP contribution in [0, 0.1) is 0 Å². The summed E-state index contributed by atoms with van der Waals surface area (Å²) in [4.78, 5) is 11.8. The summed E-state index contributed by atoms with van der Waals surface area (Å²) in [6, 6.07) is 6.01. The normalized spacial score (nSPS) is 17.4. The van der Waals surface area contributed by atoms with Gasteiger partial charge in [-0.1, -0.05) is 6.07 Å². The molecule has 0 unspecified atom stereocenters. The van der Waals surface area contributed by atoms with Crippen LogP contribution < -0.4 is 9.47 Å². The summed E-state index contributed by atoms with van der Waals surface area (Å²) in [5.74, 6) is 3.37. The number of aromatic nitrogens is 2. The van der Waals surface area contributed by atoms with E-state index >= 15 is 0 Å². The van der Waals surface area contributed by atoms with Crippen LogP contribution in [0.2, 0.25) is 0 Å². The molecule has 1 saturated carbocycles. The summed E-state index contributed by atoms with van der Waals surface area (Å²) in [5, 5.41) is 0. The van der Waals surface area contributed by atoms with Crippen LogP contribution in [0.15, 0.2) is 24.4 Å². The highest BCUT2D eigenvalue weighted by atomic mass is 16.5. The number of nitrogens with zero attached hydrogens (tertiary/aromatic N) is 3. The van der Waals surface area contributed by atoms with Crippen molar-refractivity contribution in [1.29, 1.82) is 0 Å². The third-order valence-electron chi connectivity index (χ3n) is 4.86. The number of hydrogen-bond acceptors (Lipinski definition) is 5. The van der Waals surface area contributed by atoms with Gasteiger partial charge in [-0.15, -0.1) is 0 Å². The van der Waals surface area contributed by atoms with Crippen molar-refractivity contribution in [1.82, 2.24) is 14.9 Å². The van der Waals surface area contributed by atoms with E-state index in [0.717, 1.165) is 43.4 Å². The molecule has 2 aromatic rings. The molecule has 24 heavy (non-hydrogen) atoms. The van der Waals surface area contributed by atoms with Crippen molar-refractivity contribution >= 4 is 0 Å². The number of rotatable bonds is 5. The van der Waals surface area contributed by atoms with E-state index in [4.69, 9.17) is 14.5 Å². The molecule has 0 amide bonds. The van der Waals surface area contributed by atoms with Crippen molar-refractivity contribution in [3.8, 4) is 11.5 Å². The monoisotopic (exact) mass is 325 g/mol. The molecule has 0 N–H and O–H groups in total. The van der Waals surface area contributed by atoms with Gasteiger partial charge in [0.2, 0.25) is 0 Å². The topological polar surface area (TPSA) is 47.5 Å². The minimum absolute atomic E-state index is 0.622.